The number of rotatable bonds is 8. The zero-order valence-corrected chi connectivity index (χ0v) is 18.7. The molecule has 5 heteroatoms. The van der Waals surface area contributed by atoms with Gasteiger partial charge in [0.15, 0.2) is 0 Å². The van der Waals surface area contributed by atoms with Crippen LogP contribution in [0.3, 0.4) is 0 Å². The smallest absolute Gasteiger partial charge is 0.228 e. The van der Waals surface area contributed by atoms with Crippen molar-refractivity contribution in [2.45, 2.75) is 26.9 Å². The van der Waals surface area contributed by atoms with Gasteiger partial charge in [-0.2, -0.15) is 0 Å². The molecule has 1 heterocycles. The van der Waals surface area contributed by atoms with Crippen molar-refractivity contribution in [1.29, 1.82) is 0 Å². The summed E-state index contributed by atoms with van der Waals surface area (Å²) in [6.45, 7) is 5.40. The van der Waals surface area contributed by atoms with Crippen LogP contribution in [0.25, 0.3) is 0 Å². The van der Waals surface area contributed by atoms with Gasteiger partial charge in [0.1, 0.15) is 6.61 Å². The number of aromatic nitrogens is 1. The lowest BCUT2D eigenvalue weighted by Gasteiger charge is -2.11. The van der Waals surface area contributed by atoms with Crippen LogP contribution < -0.4 is 4.74 Å². The van der Waals surface area contributed by atoms with E-state index in [1.165, 1.54) is 11.1 Å². The Labute approximate surface area is 181 Å². The minimum absolute atomic E-state index is 0.470. The van der Waals surface area contributed by atoms with E-state index in [4.69, 9.17) is 4.74 Å². The molecule has 4 nitrogen and oxygen atoms in total. The van der Waals surface area contributed by atoms with Gasteiger partial charge < -0.3 is 9.64 Å². The van der Waals surface area contributed by atoms with Gasteiger partial charge in [-0.25, -0.2) is 9.98 Å². The lowest BCUT2D eigenvalue weighted by molar-refractivity contribution is 0.291. The van der Waals surface area contributed by atoms with Crippen molar-refractivity contribution >= 4 is 28.0 Å². The molecule has 0 atom stereocenters. The number of benzene rings is 2. The Morgan fingerprint density at radius 2 is 1.69 bits per heavy atom. The Morgan fingerprint density at radius 1 is 1.03 bits per heavy atom. The predicted octanol–water partition coefficient (Wildman–Crippen LogP) is 5.93. The summed E-state index contributed by atoms with van der Waals surface area (Å²) < 4.78 is 6.74. The summed E-state index contributed by atoms with van der Waals surface area (Å²) in [4.78, 5) is 11.1. The van der Waals surface area contributed by atoms with Crippen LogP contribution >= 0.6 is 15.9 Å². The van der Waals surface area contributed by atoms with Crippen molar-refractivity contribution in [2.75, 3.05) is 13.6 Å². The van der Waals surface area contributed by atoms with Crippen molar-refractivity contribution in [3.05, 3.63) is 87.5 Å². The SMILES string of the molecule is CCN(C)C=Nc1cc(Br)c(OCc2ccc(Cc3ccccc3)cc2)nc1C. The van der Waals surface area contributed by atoms with E-state index in [2.05, 4.69) is 81.4 Å². The number of hydrogen-bond donors (Lipinski definition) is 0. The summed E-state index contributed by atoms with van der Waals surface area (Å²) in [5.41, 5.74) is 5.37. The van der Waals surface area contributed by atoms with Gasteiger partial charge in [-0.3, -0.25) is 0 Å². The van der Waals surface area contributed by atoms with Crippen molar-refractivity contribution < 1.29 is 4.74 Å². The molecule has 0 unspecified atom stereocenters. The number of ether oxygens (including phenoxy) is 1. The summed E-state index contributed by atoms with van der Waals surface area (Å²) in [6.07, 6.45) is 2.75. The topological polar surface area (TPSA) is 37.7 Å². The molecule has 1 aromatic heterocycles. The maximum absolute atomic E-state index is 5.94. The highest BCUT2D eigenvalue weighted by molar-refractivity contribution is 9.10. The van der Waals surface area contributed by atoms with Crippen LogP contribution in [0, 0.1) is 6.92 Å². The van der Waals surface area contributed by atoms with Gasteiger partial charge in [0.05, 0.1) is 22.2 Å². The minimum Gasteiger partial charge on any atom is -0.472 e. The van der Waals surface area contributed by atoms with Crippen LogP contribution in [0.15, 0.2) is 70.1 Å². The molecule has 150 valence electrons. The standard InChI is InChI=1S/C24H26BrN3O/c1-4-28(3)17-26-23-15-22(25)24(27-18(23)2)29-16-21-12-10-20(11-13-21)14-19-8-6-5-7-9-19/h5-13,15,17H,4,14,16H2,1-3H3. The van der Waals surface area contributed by atoms with Gasteiger partial charge >= 0.3 is 0 Å². The molecule has 0 aliphatic heterocycles. The summed E-state index contributed by atoms with van der Waals surface area (Å²) in [5.74, 6) is 0.582. The second-order valence-electron chi connectivity index (χ2n) is 6.97. The molecule has 2 aromatic carbocycles. The predicted molar refractivity (Wildman–Crippen MR) is 123 cm³/mol. The van der Waals surface area contributed by atoms with Crippen LogP contribution in [-0.4, -0.2) is 29.8 Å². The highest BCUT2D eigenvalue weighted by Gasteiger charge is 2.09. The van der Waals surface area contributed by atoms with Gasteiger partial charge in [0, 0.05) is 13.6 Å². The van der Waals surface area contributed by atoms with E-state index >= 15 is 0 Å². The van der Waals surface area contributed by atoms with Crippen LogP contribution in [0.1, 0.15) is 29.3 Å². The van der Waals surface area contributed by atoms with Crippen LogP contribution in [0.5, 0.6) is 5.88 Å². The third-order valence-electron chi connectivity index (χ3n) is 4.65. The van der Waals surface area contributed by atoms with Gasteiger partial charge in [-0.1, -0.05) is 54.6 Å². The maximum Gasteiger partial charge on any atom is 0.228 e. The average Bonchev–Trinajstić information content (AvgIpc) is 2.74. The van der Waals surface area contributed by atoms with E-state index in [0.717, 1.165) is 34.4 Å². The average molecular weight is 452 g/mol. The lowest BCUT2D eigenvalue weighted by atomic mass is 10.0. The zero-order valence-electron chi connectivity index (χ0n) is 17.1. The van der Waals surface area contributed by atoms with E-state index < -0.39 is 0 Å². The molecule has 0 aliphatic rings. The normalized spacial score (nSPS) is 11.0. The van der Waals surface area contributed by atoms with Crippen LogP contribution in [0.4, 0.5) is 5.69 Å². The number of halogens is 1. The second-order valence-corrected chi connectivity index (χ2v) is 7.82. The minimum atomic E-state index is 0.470. The molecule has 0 spiro atoms. The van der Waals surface area contributed by atoms with Gasteiger partial charge in [0.2, 0.25) is 5.88 Å². The van der Waals surface area contributed by atoms with Crippen molar-refractivity contribution in [1.82, 2.24) is 9.88 Å². The number of aliphatic imine (C=N–C) groups is 1. The van der Waals surface area contributed by atoms with E-state index in [-0.39, 0.29) is 0 Å². The summed E-state index contributed by atoms with van der Waals surface area (Å²) in [6, 6.07) is 21.0. The van der Waals surface area contributed by atoms with Crippen LogP contribution in [0.2, 0.25) is 0 Å². The molecule has 29 heavy (non-hydrogen) atoms. The molecule has 0 bridgehead atoms. The van der Waals surface area contributed by atoms with Crippen molar-refractivity contribution in [2.24, 2.45) is 4.99 Å². The number of hydrogen-bond acceptors (Lipinski definition) is 3. The Morgan fingerprint density at radius 3 is 2.38 bits per heavy atom. The first-order chi connectivity index (χ1) is 14.0. The molecule has 3 rings (SSSR count). The molecule has 0 fully saturated rings. The Kier molecular flexibility index (Phi) is 7.42. The largest absolute Gasteiger partial charge is 0.472 e. The monoisotopic (exact) mass is 451 g/mol. The van der Waals surface area contributed by atoms with Crippen LogP contribution in [-0.2, 0) is 13.0 Å². The number of aryl methyl sites for hydroxylation is 1. The lowest BCUT2D eigenvalue weighted by Crippen LogP contribution is -2.14. The third-order valence-corrected chi connectivity index (χ3v) is 5.22. The van der Waals surface area contributed by atoms with Crippen molar-refractivity contribution in [3.8, 4) is 5.88 Å². The fraction of sp³-hybridized carbons (Fsp3) is 0.250. The van der Waals surface area contributed by atoms with Gasteiger partial charge in [-0.05, 0) is 59.0 Å². The molecule has 0 saturated heterocycles. The number of pyridine rings is 1. The van der Waals surface area contributed by atoms with E-state index in [9.17, 15) is 0 Å². The number of nitrogens with zero attached hydrogens (tertiary/aromatic N) is 3. The summed E-state index contributed by atoms with van der Waals surface area (Å²) in [5, 5.41) is 0. The highest BCUT2D eigenvalue weighted by atomic mass is 79.9. The first-order valence-electron chi connectivity index (χ1n) is 9.71. The second kappa shape index (κ2) is 10.2. The highest BCUT2D eigenvalue weighted by Crippen LogP contribution is 2.30. The van der Waals surface area contributed by atoms with E-state index in [1.807, 2.05) is 37.3 Å². The van der Waals surface area contributed by atoms with Gasteiger partial charge in [0.25, 0.3) is 0 Å². The fourth-order valence-electron chi connectivity index (χ4n) is 2.76. The first-order valence-corrected chi connectivity index (χ1v) is 10.5. The molecule has 0 radical (unpaired) electrons. The molecule has 0 amide bonds. The molecular weight excluding hydrogens is 426 g/mol. The van der Waals surface area contributed by atoms with Gasteiger partial charge in [-0.15, -0.1) is 0 Å². The first kappa shape index (κ1) is 21.1. The third kappa shape index (κ3) is 6.16. The van der Waals surface area contributed by atoms with E-state index in [0.29, 0.717) is 12.5 Å². The Hall–Kier alpha value is -2.66. The Bertz CT molecular complexity index is 956. The molecule has 0 N–H and O–H groups in total. The molecular formula is C24H26BrN3O. The Balaban J connectivity index is 1.62. The molecule has 0 saturated carbocycles. The summed E-state index contributed by atoms with van der Waals surface area (Å²) in [7, 11) is 1.99. The van der Waals surface area contributed by atoms with E-state index in [1.54, 1.807) is 0 Å². The zero-order chi connectivity index (χ0) is 20.6. The maximum atomic E-state index is 5.94. The summed E-state index contributed by atoms with van der Waals surface area (Å²) >= 11 is 3.55. The van der Waals surface area contributed by atoms with Crippen molar-refractivity contribution in [3.63, 3.8) is 0 Å². The quantitative estimate of drug-likeness (QED) is 0.314. The fourth-order valence-corrected chi connectivity index (χ4v) is 3.18. The molecule has 3 aromatic rings. The molecule has 0 aliphatic carbocycles.